The smallest absolute Gasteiger partial charge is 0.161 e. The molecule has 0 fully saturated rings. The van der Waals surface area contributed by atoms with Crippen molar-refractivity contribution in [2.45, 2.75) is 47.5 Å². The molecule has 0 aliphatic rings. The summed E-state index contributed by atoms with van der Waals surface area (Å²) in [5.41, 5.74) is 5.95. The number of nitrogens with one attached hydrogen (secondary N) is 1. The van der Waals surface area contributed by atoms with Gasteiger partial charge in [-0.15, -0.1) is 0 Å². The number of aryl methyl sites for hydroxylation is 3. The minimum absolute atomic E-state index is 0.819. The van der Waals surface area contributed by atoms with Crippen LogP contribution in [0.2, 0.25) is 0 Å². The molecule has 0 aliphatic heterocycles. The van der Waals surface area contributed by atoms with Crippen LogP contribution in [0.25, 0.3) is 11.4 Å². The lowest BCUT2D eigenvalue weighted by Gasteiger charge is -2.13. The molecule has 1 aromatic heterocycles. The maximum Gasteiger partial charge on any atom is 0.161 e. The molecule has 21 heavy (non-hydrogen) atoms. The second-order valence-corrected chi connectivity index (χ2v) is 5.55. The van der Waals surface area contributed by atoms with Gasteiger partial charge in [-0.1, -0.05) is 26.0 Å². The molecule has 0 bridgehead atoms. The molecule has 3 nitrogen and oxygen atoms in total. The first-order valence-corrected chi connectivity index (χ1v) is 7.75. The van der Waals surface area contributed by atoms with Crippen molar-refractivity contribution in [1.82, 2.24) is 9.97 Å². The Morgan fingerprint density at radius 3 is 2.38 bits per heavy atom. The average molecular weight is 283 g/mol. The molecule has 0 spiro atoms. The van der Waals surface area contributed by atoms with Crippen molar-refractivity contribution in [3.8, 4) is 11.4 Å². The quantitative estimate of drug-likeness (QED) is 0.880. The molecule has 1 aromatic carbocycles. The fourth-order valence-corrected chi connectivity index (χ4v) is 2.33. The van der Waals surface area contributed by atoms with Crippen LogP contribution >= 0.6 is 0 Å². The molecule has 0 unspecified atom stereocenters. The third-order valence-electron chi connectivity index (χ3n) is 3.89. The molecule has 0 amide bonds. The predicted octanol–water partition coefficient (Wildman–Crippen LogP) is 4.45. The first kappa shape index (κ1) is 15.5. The van der Waals surface area contributed by atoms with Gasteiger partial charge in [-0.3, -0.25) is 0 Å². The summed E-state index contributed by atoms with van der Waals surface area (Å²) in [4.78, 5) is 9.49. The van der Waals surface area contributed by atoms with Crippen molar-refractivity contribution >= 4 is 5.82 Å². The van der Waals surface area contributed by atoms with E-state index in [2.05, 4.69) is 58.1 Å². The van der Waals surface area contributed by atoms with Crippen LogP contribution in [-0.2, 0) is 6.42 Å². The minimum atomic E-state index is 0.819. The van der Waals surface area contributed by atoms with Gasteiger partial charge in [0.05, 0.1) is 0 Å². The average Bonchev–Trinajstić information content (AvgIpc) is 2.49. The van der Waals surface area contributed by atoms with Gasteiger partial charge in [0.25, 0.3) is 0 Å². The van der Waals surface area contributed by atoms with E-state index in [0.29, 0.717) is 0 Å². The number of aromatic nitrogens is 2. The van der Waals surface area contributed by atoms with Crippen LogP contribution in [0.4, 0.5) is 5.82 Å². The fourth-order valence-electron chi connectivity index (χ4n) is 2.33. The lowest BCUT2D eigenvalue weighted by molar-refractivity contribution is 0.936. The molecule has 2 aromatic rings. The number of hydrogen-bond donors (Lipinski definition) is 1. The molecule has 0 saturated carbocycles. The Kier molecular flexibility index (Phi) is 4.94. The van der Waals surface area contributed by atoms with E-state index in [1.807, 2.05) is 0 Å². The monoisotopic (exact) mass is 283 g/mol. The van der Waals surface area contributed by atoms with Gasteiger partial charge in [0.1, 0.15) is 5.82 Å². The molecule has 0 aliphatic carbocycles. The number of hydrogen-bond acceptors (Lipinski definition) is 3. The number of benzene rings is 1. The highest BCUT2D eigenvalue weighted by Gasteiger charge is 2.11. The van der Waals surface area contributed by atoms with E-state index >= 15 is 0 Å². The van der Waals surface area contributed by atoms with Gasteiger partial charge in [0.15, 0.2) is 5.82 Å². The molecule has 1 N–H and O–H groups in total. The van der Waals surface area contributed by atoms with Gasteiger partial charge in [-0.05, 0) is 50.8 Å². The summed E-state index contributed by atoms with van der Waals surface area (Å²) in [5.74, 6) is 1.79. The van der Waals surface area contributed by atoms with Crippen molar-refractivity contribution in [3.63, 3.8) is 0 Å². The van der Waals surface area contributed by atoms with Crippen LogP contribution in [0.15, 0.2) is 18.2 Å². The topological polar surface area (TPSA) is 37.8 Å². The summed E-state index contributed by atoms with van der Waals surface area (Å²) in [6.07, 6.45) is 2.01. The van der Waals surface area contributed by atoms with Gasteiger partial charge >= 0.3 is 0 Å². The lowest BCUT2D eigenvalue weighted by atomic mass is 10.1. The SMILES string of the molecule is CCCNc1nc(-c2ccc(C)c(C)c2)nc(CC)c1C. The molecule has 3 heteroatoms. The summed E-state index contributed by atoms with van der Waals surface area (Å²) >= 11 is 0. The molecule has 2 rings (SSSR count). The molecule has 0 atom stereocenters. The molecule has 112 valence electrons. The number of nitrogens with zero attached hydrogens (tertiary/aromatic N) is 2. The van der Waals surface area contributed by atoms with E-state index in [4.69, 9.17) is 9.97 Å². The third kappa shape index (κ3) is 3.41. The van der Waals surface area contributed by atoms with Crippen LogP contribution < -0.4 is 5.32 Å². The molecular formula is C18H25N3. The van der Waals surface area contributed by atoms with Crippen LogP contribution in [0.5, 0.6) is 0 Å². The maximum atomic E-state index is 4.75. The Balaban J connectivity index is 2.49. The van der Waals surface area contributed by atoms with E-state index in [-0.39, 0.29) is 0 Å². The van der Waals surface area contributed by atoms with Crippen molar-refractivity contribution in [2.24, 2.45) is 0 Å². The second kappa shape index (κ2) is 6.70. The predicted molar refractivity (Wildman–Crippen MR) is 89.8 cm³/mol. The zero-order valence-corrected chi connectivity index (χ0v) is 13.7. The molecular weight excluding hydrogens is 258 g/mol. The van der Waals surface area contributed by atoms with E-state index in [1.54, 1.807) is 0 Å². The van der Waals surface area contributed by atoms with E-state index in [1.165, 1.54) is 16.7 Å². The van der Waals surface area contributed by atoms with Gasteiger partial charge in [0, 0.05) is 23.4 Å². The Labute approximate surface area is 127 Å². The van der Waals surface area contributed by atoms with Crippen LogP contribution in [-0.4, -0.2) is 16.5 Å². The highest BCUT2D eigenvalue weighted by molar-refractivity contribution is 5.61. The van der Waals surface area contributed by atoms with Crippen LogP contribution in [0.1, 0.15) is 42.7 Å². The third-order valence-corrected chi connectivity index (χ3v) is 3.89. The Morgan fingerprint density at radius 2 is 1.76 bits per heavy atom. The highest BCUT2D eigenvalue weighted by Crippen LogP contribution is 2.24. The van der Waals surface area contributed by atoms with Crippen LogP contribution in [0, 0.1) is 20.8 Å². The molecule has 0 radical (unpaired) electrons. The Hall–Kier alpha value is -1.90. The van der Waals surface area contributed by atoms with Gasteiger partial charge in [-0.25, -0.2) is 9.97 Å². The van der Waals surface area contributed by atoms with Crippen molar-refractivity contribution < 1.29 is 0 Å². The number of rotatable bonds is 5. The first-order chi connectivity index (χ1) is 10.1. The largest absolute Gasteiger partial charge is 0.370 e. The van der Waals surface area contributed by atoms with Gasteiger partial charge in [0.2, 0.25) is 0 Å². The van der Waals surface area contributed by atoms with E-state index in [0.717, 1.165) is 42.3 Å². The normalized spacial score (nSPS) is 10.7. The van der Waals surface area contributed by atoms with Crippen molar-refractivity contribution in [3.05, 3.63) is 40.6 Å². The highest BCUT2D eigenvalue weighted by atomic mass is 15.0. The minimum Gasteiger partial charge on any atom is -0.370 e. The molecule has 1 heterocycles. The van der Waals surface area contributed by atoms with Gasteiger partial charge < -0.3 is 5.32 Å². The van der Waals surface area contributed by atoms with E-state index < -0.39 is 0 Å². The fraction of sp³-hybridized carbons (Fsp3) is 0.444. The summed E-state index contributed by atoms with van der Waals surface area (Å²) < 4.78 is 0. The Morgan fingerprint density at radius 1 is 1.00 bits per heavy atom. The first-order valence-electron chi connectivity index (χ1n) is 7.75. The number of anilines is 1. The second-order valence-electron chi connectivity index (χ2n) is 5.55. The lowest BCUT2D eigenvalue weighted by Crippen LogP contribution is -2.08. The van der Waals surface area contributed by atoms with Crippen molar-refractivity contribution in [1.29, 1.82) is 0 Å². The van der Waals surface area contributed by atoms with E-state index in [9.17, 15) is 0 Å². The van der Waals surface area contributed by atoms with Crippen LogP contribution in [0.3, 0.4) is 0 Å². The summed E-state index contributed by atoms with van der Waals surface area (Å²) in [5, 5.41) is 3.42. The summed E-state index contributed by atoms with van der Waals surface area (Å²) in [6.45, 7) is 11.6. The standard InChI is InChI=1S/C18H25N3/c1-6-10-19-17-14(5)16(7-2)20-18(21-17)15-9-8-12(3)13(4)11-15/h8-9,11H,6-7,10H2,1-5H3,(H,19,20,21). The van der Waals surface area contributed by atoms with Gasteiger partial charge in [-0.2, -0.15) is 0 Å². The summed E-state index contributed by atoms with van der Waals surface area (Å²) in [7, 11) is 0. The maximum absolute atomic E-state index is 4.75. The zero-order chi connectivity index (χ0) is 15.4. The Bertz CT molecular complexity index is 633. The van der Waals surface area contributed by atoms with Crippen molar-refractivity contribution in [2.75, 3.05) is 11.9 Å². The summed E-state index contributed by atoms with van der Waals surface area (Å²) in [6, 6.07) is 6.41. The molecule has 0 saturated heterocycles. The zero-order valence-electron chi connectivity index (χ0n) is 13.7.